The standard InChI is InChI=1S/C12H20ClN5/c1-4-10(13)7-8-14-12(15-9-18(2)3)17-16-11-5-6-11/h7-9,11,16H,4-6H2,1-3H3/b10-7+,14-8-,15-9+,17-12-. The van der Waals surface area contributed by atoms with Crippen LogP contribution in [-0.2, 0) is 0 Å². The second kappa shape index (κ2) is 7.87. The van der Waals surface area contributed by atoms with Crippen LogP contribution in [0.2, 0.25) is 0 Å². The number of hydrogen-bond donors (Lipinski definition) is 1. The molecule has 0 aliphatic heterocycles. The first-order valence-electron chi connectivity index (χ1n) is 6.04. The molecule has 1 aliphatic carbocycles. The smallest absolute Gasteiger partial charge is 0.267 e. The summed E-state index contributed by atoms with van der Waals surface area (Å²) in [4.78, 5) is 10.2. The monoisotopic (exact) mass is 269 g/mol. The molecule has 0 heterocycles. The van der Waals surface area contributed by atoms with Crippen LogP contribution in [0.3, 0.4) is 0 Å². The third-order valence-corrected chi connectivity index (χ3v) is 2.51. The molecule has 0 atom stereocenters. The van der Waals surface area contributed by atoms with Crippen molar-refractivity contribution in [3.63, 3.8) is 0 Å². The van der Waals surface area contributed by atoms with Gasteiger partial charge >= 0.3 is 0 Å². The molecule has 0 amide bonds. The van der Waals surface area contributed by atoms with Gasteiger partial charge in [-0.05, 0) is 25.3 Å². The van der Waals surface area contributed by atoms with Crippen LogP contribution in [0, 0.1) is 0 Å². The molecule has 18 heavy (non-hydrogen) atoms. The van der Waals surface area contributed by atoms with Crippen LogP contribution >= 0.6 is 11.6 Å². The van der Waals surface area contributed by atoms with Crippen molar-refractivity contribution in [2.75, 3.05) is 14.1 Å². The number of allylic oxidation sites excluding steroid dienone is 2. The second-order valence-electron chi connectivity index (χ2n) is 4.27. The minimum Gasteiger partial charge on any atom is -0.369 e. The van der Waals surface area contributed by atoms with Gasteiger partial charge in [0.05, 0.1) is 6.34 Å². The summed E-state index contributed by atoms with van der Waals surface area (Å²) in [6, 6.07) is 0.486. The Hall–Kier alpha value is -1.36. The summed E-state index contributed by atoms with van der Waals surface area (Å²) in [5.41, 5.74) is 3.02. The van der Waals surface area contributed by atoms with Gasteiger partial charge in [-0.3, -0.25) is 0 Å². The number of hydrazone groups is 1. The van der Waals surface area contributed by atoms with Gasteiger partial charge < -0.3 is 10.3 Å². The predicted octanol–water partition coefficient (Wildman–Crippen LogP) is 2.20. The van der Waals surface area contributed by atoms with Crippen molar-refractivity contribution in [1.29, 1.82) is 0 Å². The summed E-state index contributed by atoms with van der Waals surface area (Å²) in [5, 5.41) is 4.91. The maximum atomic E-state index is 5.88. The van der Waals surface area contributed by atoms with E-state index < -0.39 is 0 Å². The van der Waals surface area contributed by atoms with Crippen molar-refractivity contribution in [3.8, 4) is 0 Å². The molecule has 0 bridgehead atoms. The lowest BCUT2D eigenvalue weighted by molar-refractivity contribution is 0.643. The first-order chi connectivity index (χ1) is 8.61. The fourth-order valence-electron chi connectivity index (χ4n) is 0.922. The highest BCUT2D eigenvalue weighted by molar-refractivity contribution is 6.30. The summed E-state index contributed by atoms with van der Waals surface area (Å²) in [6.07, 6.45) is 8.15. The van der Waals surface area contributed by atoms with Gasteiger partial charge in [-0.25, -0.2) is 9.98 Å². The number of aliphatic imine (C=N–C) groups is 2. The fourth-order valence-corrected chi connectivity index (χ4v) is 0.979. The fraction of sp³-hybridized carbons (Fsp3) is 0.583. The van der Waals surface area contributed by atoms with Crippen LogP contribution in [0.15, 0.2) is 26.2 Å². The molecule has 1 N–H and O–H groups in total. The molecule has 0 unspecified atom stereocenters. The second-order valence-corrected chi connectivity index (χ2v) is 4.75. The van der Waals surface area contributed by atoms with Gasteiger partial charge in [0, 0.05) is 31.4 Å². The summed E-state index contributed by atoms with van der Waals surface area (Å²) in [5.74, 6) is 0.396. The molecule has 0 saturated heterocycles. The lowest BCUT2D eigenvalue weighted by atomic mass is 10.4. The topological polar surface area (TPSA) is 52.4 Å². The summed E-state index contributed by atoms with van der Waals surface area (Å²) >= 11 is 5.88. The number of hydrogen-bond acceptors (Lipinski definition) is 2. The molecule has 100 valence electrons. The van der Waals surface area contributed by atoms with Crippen LogP contribution < -0.4 is 5.43 Å². The van der Waals surface area contributed by atoms with Crippen LogP contribution in [-0.4, -0.2) is 43.5 Å². The Labute approximate surface area is 113 Å². The molecule has 1 fully saturated rings. The first kappa shape index (κ1) is 14.7. The van der Waals surface area contributed by atoms with Gasteiger partial charge in [0.15, 0.2) is 0 Å². The van der Waals surface area contributed by atoms with Crippen molar-refractivity contribution < 1.29 is 0 Å². The number of rotatable bonds is 5. The van der Waals surface area contributed by atoms with Gasteiger partial charge in [0.2, 0.25) is 0 Å². The van der Waals surface area contributed by atoms with Crippen molar-refractivity contribution in [2.24, 2.45) is 15.1 Å². The van der Waals surface area contributed by atoms with Crippen molar-refractivity contribution in [3.05, 3.63) is 11.1 Å². The molecule has 5 nitrogen and oxygen atoms in total. The highest BCUT2D eigenvalue weighted by Crippen LogP contribution is 2.18. The molecule has 1 rings (SSSR count). The predicted molar refractivity (Wildman–Crippen MR) is 78.5 cm³/mol. The lowest BCUT2D eigenvalue weighted by Crippen LogP contribution is -2.13. The van der Waals surface area contributed by atoms with Crippen LogP contribution in [0.4, 0.5) is 0 Å². The first-order valence-corrected chi connectivity index (χ1v) is 6.42. The van der Waals surface area contributed by atoms with Gasteiger partial charge in [0.1, 0.15) is 0 Å². The Morgan fingerprint density at radius 1 is 1.39 bits per heavy atom. The Bertz CT molecular complexity index is 367. The maximum absolute atomic E-state index is 5.88. The Morgan fingerprint density at radius 2 is 2.11 bits per heavy atom. The van der Waals surface area contributed by atoms with E-state index in [4.69, 9.17) is 11.6 Å². The molecule has 1 aliphatic rings. The van der Waals surface area contributed by atoms with E-state index in [0.29, 0.717) is 12.0 Å². The van der Waals surface area contributed by atoms with Gasteiger partial charge in [-0.15, -0.1) is 5.10 Å². The van der Waals surface area contributed by atoms with Crippen molar-refractivity contribution in [2.45, 2.75) is 32.2 Å². The zero-order valence-corrected chi connectivity index (χ0v) is 11.9. The van der Waals surface area contributed by atoms with E-state index in [1.807, 2.05) is 25.9 Å². The molecule has 0 aromatic carbocycles. The number of nitrogens with one attached hydrogen (secondary N) is 1. The zero-order chi connectivity index (χ0) is 13.4. The lowest BCUT2D eigenvalue weighted by Gasteiger charge is -2.02. The van der Waals surface area contributed by atoms with Crippen molar-refractivity contribution >= 4 is 30.1 Å². The molecule has 6 heteroatoms. The molecule has 1 saturated carbocycles. The minimum absolute atomic E-state index is 0.396. The van der Waals surface area contributed by atoms with E-state index in [1.54, 1.807) is 18.6 Å². The SMILES string of the molecule is CC\C(Cl)=C/C=N\C(=N\NC1CC1)\N=C\N(C)C. The largest absolute Gasteiger partial charge is 0.369 e. The van der Waals surface area contributed by atoms with Crippen LogP contribution in [0.1, 0.15) is 26.2 Å². The Balaban J connectivity index is 2.60. The molecule has 0 aromatic rings. The number of guanidine groups is 1. The summed E-state index contributed by atoms with van der Waals surface area (Å²) in [7, 11) is 3.79. The molecule has 0 aromatic heterocycles. The Morgan fingerprint density at radius 3 is 2.67 bits per heavy atom. The third-order valence-electron chi connectivity index (χ3n) is 2.11. The molecular formula is C12H20ClN5. The highest BCUT2D eigenvalue weighted by Gasteiger charge is 2.20. The molecular weight excluding hydrogens is 250 g/mol. The summed E-state index contributed by atoms with van der Waals surface area (Å²) < 4.78 is 0. The maximum Gasteiger partial charge on any atom is 0.267 e. The number of nitrogens with zero attached hydrogens (tertiary/aromatic N) is 4. The Kier molecular flexibility index (Phi) is 6.43. The average molecular weight is 270 g/mol. The van der Waals surface area contributed by atoms with E-state index in [9.17, 15) is 0 Å². The summed E-state index contributed by atoms with van der Waals surface area (Å²) in [6.45, 7) is 1.99. The normalized spacial score (nSPS) is 17.8. The van der Waals surface area contributed by atoms with Crippen LogP contribution in [0.25, 0.3) is 0 Å². The molecule has 0 radical (unpaired) electrons. The average Bonchev–Trinajstić information content (AvgIpc) is 3.15. The van der Waals surface area contributed by atoms with Crippen LogP contribution in [0.5, 0.6) is 0 Å². The van der Waals surface area contributed by atoms with E-state index in [2.05, 4.69) is 20.5 Å². The highest BCUT2D eigenvalue weighted by atomic mass is 35.5. The van der Waals surface area contributed by atoms with E-state index in [1.165, 1.54) is 12.8 Å². The zero-order valence-electron chi connectivity index (χ0n) is 11.1. The van der Waals surface area contributed by atoms with Gasteiger partial charge in [0.25, 0.3) is 5.96 Å². The quantitative estimate of drug-likeness (QED) is 0.473. The van der Waals surface area contributed by atoms with E-state index in [0.717, 1.165) is 11.5 Å². The third kappa shape index (κ3) is 7.06. The minimum atomic E-state index is 0.396. The number of halogens is 1. The van der Waals surface area contributed by atoms with Gasteiger partial charge in [-0.1, -0.05) is 18.5 Å². The molecule has 0 spiro atoms. The van der Waals surface area contributed by atoms with Gasteiger partial charge in [-0.2, -0.15) is 0 Å². The van der Waals surface area contributed by atoms with E-state index >= 15 is 0 Å². The van der Waals surface area contributed by atoms with Crippen molar-refractivity contribution in [1.82, 2.24) is 10.3 Å². The van der Waals surface area contributed by atoms with E-state index in [-0.39, 0.29) is 0 Å².